The fourth-order valence-electron chi connectivity index (χ4n) is 3.62. The van der Waals surface area contributed by atoms with Crippen molar-refractivity contribution in [2.24, 2.45) is 5.92 Å². The van der Waals surface area contributed by atoms with Gasteiger partial charge in [-0.15, -0.1) is 11.8 Å². The molecule has 27 heavy (non-hydrogen) atoms. The topological polar surface area (TPSA) is 76.1 Å². The Bertz CT molecular complexity index is 882. The van der Waals surface area contributed by atoms with Gasteiger partial charge in [-0.3, -0.25) is 9.59 Å². The molecular formula is C20H19NO5S. The number of hydrogen-bond donors (Lipinski definition) is 1. The van der Waals surface area contributed by atoms with Gasteiger partial charge < -0.3 is 19.5 Å². The molecule has 1 fully saturated rings. The van der Waals surface area contributed by atoms with Gasteiger partial charge in [0.05, 0.1) is 5.92 Å². The van der Waals surface area contributed by atoms with E-state index >= 15 is 0 Å². The smallest absolute Gasteiger partial charge is 0.308 e. The molecule has 2 aromatic carbocycles. The van der Waals surface area contributed by atoms with Crippen molar-refractivity contribution >= 4 is 23.6 Å². The summed E-state index contributed by atoms with van der Waals surface area (Å²) in [6, 6.07) is 12.9. The number of carbonyl (C=O) groups excluding carboxylic acids is 1. The first kappa shape index (κ1) is 17.7. The number of likely N-dealkylation sites (tertiary alicyclic amines) is 1. The van der Waals surface area contributed by atoms with Gasteiger partial charge in [-0.1, -0.05) is 6.07 Å². The van der Waals surface area contributed by atoms with Crippen LogP contribution >= 0.6 is 11.8 Å². The number of thioether (sulfide) groups is 1. The highest BCUT2D eigenvalue weighted by atomic mass is 32.2. The molecule has 4 rings (SSSR count). The Kier molecular flexibility index (Phi) is 4.70. The number of fused-ring (bicyclic) bond motifs is 1. The fourth-order valence-corrected chi connectivity index (χ4v) is 4.03. The van der Waals surface area contributed by atoms with Crippen LogP contribution in [0, 0.1) is 5.92 Å². The number of ether oxygens (including phenoxy) is 2. The van der Waals surface area contributed by atoms with Gasteiger partial charge in [-0.2, -0.15) is 0 Å². The lowest BCUT2D eigenvalue weighted by molar-refractivity contribution is -0.141. The average Bonchev–Trinajstić information content (AvgIpc) is 3.34. The monoisotopic (exact) mass is 385 g/mol. The van der Waals surface area contributed by atoms with Crippen LogP contribution in [0.15, 0.2) is 47.4 Å². The lowest BCUT2D eigenvalue weighted by Gasteiger charge is -2.17. The van der Waals surface area contributed by atoms with Gasteiger partial charge in [-0.05, 0) is 48.2 Å². The second kappa shape index (κ2) is 7.15. The Hall–Kier alpha value is -2.67. The predicted octanol–water partition coefficient (Wildman–Crippen LogP) is 3.08. The Morgan fingerprint density at radius 2 is 1.81 bits per heavy atom. The minimum atomic E-state index is -0.898. The Morgan fingerprint density at radius 1 is 1.07 bits per heavy atom. The molecule has 0 aliphatic carbocycles. The van der Waals surface area contributed by atoms with Crippen LogP contribution in [-0.4, -0.2) is 48.0 Å². The highest BCUT2D eigenvalue weighted by Gasteiger charge is 2.41. The summed E-state index contributed by atoms with van der Waals surface area (Å²) in [7, 11) is 0. The summed E-state index contributed by atoms with van der Waals surface area (Å²) >= 11 is 1.61. The summed E-state index contributed by atoms with van der Waals surface area (Å²) in [5, 5.41) is 9.68. The lowest BCUT2D eigenvalue weighted by Crippen LogP contribution is -2.29. The maximum Gasteiger partial charge on any atom is 0.308 e. The van der Waals surface area contributed by atoms with Crippen molar-refractivity contribution in [2.75, 3.05) is 26.1 Å². The average molecular weight is 385 g/mol. The Morgan fingerprint density at radius 3 is 2.52 bits per heavy atom. The molecule has 0 unspecified atom stereocenters. The molecule has 2 aromatic rings. The van der Waals surface area contributed by atoms with Gasteiger partial charge >= 0.3 is 5.97 Å². The van der Waals surface area contributed by atoms with E-state index in [2.05, 4.69) is 0 Å². The minimum absolute atomic E-state index is 0.142. The molecule has 1 amide bonds. The van der Waals surface area contributed by atoms with Gasteiger partial charge in [0.2, 0.25) is 6.79 Å². The van der Waals surface area contributed by atoms with Crippen molar-refractivity contribution < 1.29 is 24.2 Å². The zero-order chi connectivity index (χ0) is 19.0. The first-order chi connectivity index (χ1) is 13.1. The van der Waals surface area contributed by atoms with E-state index in [0.29, 0.717) is 23.6 Å². The number of rotatable bonds is 4. The normalized spacial score (nSPS) is 20.7. The number of carbonyl (C=O) groups is 2. The molecule has 2 atom stereocenters. The molecule has 140 valence electrons. The van der Waals surface area contributed by atoms with E-state index in [9.17, 15) is 14.7 Å². The van der Waals surface area contributed by atoms with Crippen LogP contribution in [0.1, 0.15) is 21.8 Å². The van der Waals surface area contributed by atoms with Crippen LogP contribution in [-0.2, 0) is 4.79 Å². The zero-order valence-electron chi connectivity index (χ0n) is 14.8. The third-order valence-electron chi connectivity index (χ3n) is 5.09. The molecule has 7 heteroatoms. The van der Waals surface area contributed by atoms with Crippen molar-refractivity contribution in [2.45, 2.75) is 10.8 Å². The largest absolute Gasteiger partial charge is 0.481 e. The van der Waals surface area contributed by atoms with Crippen LogP contribution in [0.5, 0.6) is 11.5 Å². The minimum Gasteiger partial charge on any atom is -0.481 e. The zero-order valence-corrected chi connectivity index (χ0v) is 15.6. The summed E-state index contributed by atoms with van der Waals surface area (Å²) in [5.41, 5.74) is 1.42. The van der Waals surface area contributed by atoms with Gasteiger partial charge in [0, 0.05) is 29.5 Å². The second-order valence-electron chi connectivity index (χ2n) is 6.60. The van der Waals surface area contributed by atoms with Crippen molar-refractivity contribution in [1.29, 1.82) is 0 Å². The summed E-state index contributed by atoms with van der Waals surface area (Å²) in [5.74, 6) is -0.700. The number of carboxylic acids is 1. The Labute approximate surface area is 161 Å². The molecule has 1 N–H and O–H groups in total. The number of amides is 1. The third-order valence-corrected chi connectivity index (χ3v) is 5.83. The van der Waals surface area contributed by atoms with Gasteiger partial charge in [0.25, 0.3) is 5.91 Å². The van der Waals surface area contributed by atoms with E-state index in [-0.39, 0.29) is 25.2 Å². The third kappa shape index (κ3) is 3.35. The molecular weight excluding hydrogens is 366 g/mol. The highest BCUT2D eigenvalue weighted by molar-refractivity contribution is 7.98. The number of benzene rings is 2. The van der Waals surface area contributed by atoms with Crippen LogP contribution in [0.4, 0.5) is 0 Å². The summed E-state index contributed by atoms with van der Waals surface area (Å²) in [6.45, 7) is 0.722. The van der Waals surface area contributed by atoms with E-state index in [0.717, 1.165) is 10.5 Å². The summed E-state index contributed by atoms with van der Waals surface area (Å²) in [4.78, 5) is 27.4. The predicted molar refractivity (Wildman–Crippen MR) is 101 cm³/mol. The maximum atomic E-state index is 12.9. The molecule has 6 nitrogen and oxygen atoms in total. The van der Waals surface area contributed by atoms with Gasteiger partial charge in [0.1, 0.15) is 0 Å². The molecule has 0 spiro atoms. The molecule has 1 saturated heterocycles. The summed E-state index contributed by atoms with van der Waals surface area (Å²) < 4.78 is 10.7. The van der Waals surface area contributed by atoms with E-state index < -0.39 is 11.9 Å². The first-order valence-electron chi connectivity index (χ1n) is 8.62. The van der Waals surface area contributed by atoms with E-state index in [1.165, 1.54) is 0 Å². The van der Waals surface area contributed by atoms with E-state index in [1.807, 2.05) is 30.5 Å². The molecule has 2 heterocycles. The first-order valence-corrected chi connectivity index (χ1v) is 9.85. The number of carboxylic acid groups (broad SMARTS) is 1. The van der Waals surface area contributed by atoms with Crippen LogP contribution in [0.2, 0.25) is 0 Å². The maximum absolute atomic E-state index is 12.9. The fraction of sp³-hybridized carbons (Fsp3) is 0.300. The number of aliphatic carboxylic acids is 1. The van der Waals surface area contributed by atoms with Crippen LogP contribution in [0.3, 0.4) is 0 Å². The second-order valence-corrected chi connectivity index (χ2v) is 7.48. The number of hydrogen-bond acceptors (Lipinski definition) is 5. The number of nitrogens with zero attached hydrogens (tertiary/aromatic N) is 1. The molecule has 0 aromatic heterocycles. The quantitative estimate of drug-likeness (QED) is 0.815. The van der Waals surface area contributed by atoms with Gasteiger partial charge in [0.15, 0.2) is 11.5 Å². The molecule has 0 bridgehead atoms. The molecule has 2 aliphatic rings. The highest BCUT2D eigenvalue weighted by Crippen LogP contribution is 2.39. The summed E-state index contributed by atoms with van der Waals surface area (Å²) in [6.07, 6.45) is 1.98. The van der Waals surface area contributed by atoms with Crippen molar-refractivity contribution in [3.8, 4) is 11.5 Å². The van der Waals surface area contributed by atoms with Crippen LogP contribution in [0.25, 0.3) is 0 Å². The Balaban J connectivity index is 1.58. The lowest BCUT2D eigenvalue weighted by atomic mass is 9.89. The molecule has 0 saturated carbocycles. The van der Waals surface area contributed by atoms with E-state index in [4.69, 9.17) is 9.47 Å². The molecule has 0 radical (unpaired) electrons. The van der Waals surface area contributed by atoms with Crippen molar-refractivity contribution in [1.82, 2.24) is 4.90 Å². The van der Waals surface area contributed by atoms with E-state index in [1.54, 1.807) is 34.9 Å². The van der Waals surface area contributed by atoms with Gasteiger partial charge in [-0.25, -0.2) is 0 Å². The molecule has 2 aliphatic heterocycles. The SMILES string of the molecule is CSc1ccc(C(=O)N2C[C@H](C(=O)O)[C@@H](c3ccc4c(c3)OCO4)C2)cc1. The van der Waals surface area contributed by atoms with Crippen LogP contribution < -0.4 is 9.47 Å². The standard InChI is InChI=1S/C20H19NO5S/c1-27-14-5-2-12(3-6-14)19(22)21-9-15(16(10-21)20(23)24)13-4-7-17-18(8-13)26-11-25-17/h2-8,15-16H,9-11H2,1H3,(H,23,24)/t15-,16+/m1/s1. The van der Waals surface area contributed by atoms with Crippen molar-refractivity contribution in [3.63, 3.8) is 0 Å². The van der Waals surface area contributed by atoms with Crippen molar-refractivity contribution in [3.05, 3.63) is 53.6 Å².